The van der Waals surface area contributed by atoms with Gasteiger partial charge in [-0.05, 0) is 66.1 Å². The minimum Gasteiger partial charge on any atom is -0.375 e. The van der Waals surface area contributed by atoms with Crippen LogP contribution in [0.5, 0.6) is 0 Å². The van der Waals surface area contributed by atoms with Crippen LogP contribution >= 0.6 is 22.6 Å². The van der Waals surface area contributed by atoms with Crippen molar-refractivity contribution in [3.63, 3.8) is 0 Å². The predicted octanol–water partition coefficient (Wildman–Crippen LogP) is 3.88. The largest absolute Gasteiger partial charge is 0.375 e. The van der Waals surface area contributed by atoms with Gasteiger partial charge in [0.2, 0.25) is 0 Å². The van der Waals surface area contributed by atoms with Crippen molar-refractivity contribution in [3.05, 3.63) is 33.4 Å². The zero-order valence-corrected chi connectivity index (χ0v) is 16.6. The van der Waals surface area contributed by atoms with Gasteiger partial charge in [-0.1, -0.05) is 31.4 Å². The molecule has 2 N–H and O–H groups in total. The van der Waals surface area contributed by atoms with Gasteiger partial charge >= 0.3 is 0 Å². The summed E-state index contributed by atoms with van der Waals surface area (Å²) in [5.41, 5.74) is 1.13. The first kappa shape index (κ1) is 19.3. The van der Waals surface area contributed by atoms with E-state index in [1.165, 1.54) is 28.4 Å². The molecule has 0 aromatic heterocycles. The molecule has 1 aliphatic rings. The number of methoxy groups -OCH3 is 1. The van der Waals surface area contributed by atoms with Crippen molar-refractivity contribution in [1.82, 2.24) is 5.32 Å². The van der Waals surface area contributed by atoms with Crippen molar-refractivity contribution < 1.29 is 13.5 Å². The lowest BCUT2D eigenvalue weighted by molar-refractivity contribution is -0.00458. The fraction of sp³-hybridized carbons (Fsp3) is 0.647. The number of rotatable bonds is 8. The molecule has 0 aliphatic heterocycles. The second kappa shape index (κ2) is 9.46. The average molecular weight is 451 g/mol. The first-order valence-electron chi connectivity index (χ1n) is 8.18. The summed E-state index contributed by atoms with van der Waals surface area (Å²) in [5, 5.41) is 3.68. The van der Waals surface area contributed by atoms with Gasteiger partial charge in [-0.3, -0.25) is 0 Å². The van der Waals surface area contributed by atoms with Crippen LogP contribution in [-0.2, 0) is 15.8 Å². The lowest BCUT2D eigenvalue weighted by atomic mass is 9.75. The molecule has 1 aliphatic carbocycles. The molecule has 4 nitrogen and oxygen atoms in total. The number of hydrogen-bond donors (Lipinski definition) is 2. The Morgan fingerprint density at radius 2 is 1.96 bits per heavy atom. The highest BCUT2D eigenvalue weighted by molar-refractivity contribution is 14.1. The van der Waals surface area contributed by atoms with Gasteiger partial charge in [-0.25, -0.2) is 4.21 Å². The molecule has 23 heavy (non-hydrogen) atoms. The summed E-state index contributed by atoms with van der Waals surface area (Å²) in [6.07, 6.45) is 6.55. The fourth-order valence-corrected chi connectivity index (χ4v) is 4.32. The third kappa shape index (κ3) is 5.49. The highest BCUT2D eigenvalue weighted by Gasteiger charge is 2.40. The molecular formula is C17H26INO3S. The van der Waals surface area contributed by atoms with Crippen LogP contribution in [0.25, 0.3) is 0 Å². The zero-order valence-electron chi connectivity index (χ0n) is 13.6. The van der Waals surface area contributed by atoms with Crippen molar-refractivity contribution in [3.8, 4) is 0 Å². The summed E-state index contributed by atoms with van der Waals surface area (Å²) >= 11 is 0.606. The maximum atomic E-state index is 10.8. The van der Waals surface area contributed by atoms with Crippen LogP contribution in [-0.4, -0.2) is 33.7 Å². The molecule has 1 aromatic carbocycles. The highest BCUT2D eigenvalue weighted by atomic mass is 127. The Labute approximate surface area is 155 Å². The Morgan fingerprint density at radius 3 is 2.52 bits per heavy atom. The molecule has 1 fully saturated rings. The van der Waals surface area contributed by atoms with Gasteiger partial charge in [-0.15, -0.1) is 0 Å². The van der Waals surface area contributed by atoms with Gasteiger partial charge in [-0.2, -0.15) is 0 Å². The summed E-state index contributed by atoms with van der Waals surface area (Å²) in [6, 6.07) is 8.54. The van der Waals surface area contributed by atoms with Gasteiger partial charge in [0.25, 0.3) is 0 Å². The van der Waals surface area contributed by atoms with E-state index in [1.54, 1.807) is 7.11 Å². The van der Waals surface area contributed by atoms with Crippen LogP contribution in [0, 0.1) is 3.57 Å². The van der Waals surface area contributed by atoms with Crippen LogP contribution in [0.3, 0.4) is 0 Å². The number of benzene rings is 1. The number of hydrogen-bond acceptors (Lipinski definition) is 3. The normalized spacial score (nSPS) is 20.1. The molecule has 0 saturated heterocycles. The Hall–Kier alpha value is -0.0200. The van der Waals surface area contributed by atoms with Crippen molar-refractivity contribution in [1.29, 1.82) is 0 Å². The summed E-state index contributed by atoms with van der Waals surface area (Å²) in [5.74, 6) is 0.324. The van der Waals surface area contributed by atoms with Crippen LogP contribution in [0.4, 0.5) is 0 Å². The number of ether oxygens (including phenoxy) is 1. The van der Waals surface area contributed by atoms with Crippen LogP contribution in [0.1, 0.15) is 50.2 Å². The number of nitrogens with one attached hydrogen (secondary N) is 1. The second-order valence-electron chi connectivity index (χ2n) is 6.19. The monoisotopic (exact) mass is 451 g/mol. The maximum absolute atomic E-state index is 10.8. The molecule has 6 heteroatoms. The second-order valence-corrected chi connectivity index (χ2v) is 8.49. The van der Waals surface area contributed by atoms with Crippen molar-refractivity contribution in [2.24, 2.45) is 0 Å². The molecule has 0 bridgehead atoms. The minimum atomic E-state index is -1.71. The quantitative estimate of drug-likeness (QED) is 0.358. The van der Waals surface area contributed by atoms with Gasteiger partial charge in [0.1, 0.15) is 6.10 Å². The standard InChI is InChI=1S/C17H26INO3S/c1-22-16(14-6-8-15(18)9-7-14)17(10-3-2-4-11-17)19-12-5-13-23(20)21/h6-9,16,19H,2-5,10-13H2,1H3,(H,20,21). The van der Waals surface area contributed by atoms with Crippen LogP contribution < -0.4 is 5.32 Å². The molecule has 1 saturated carbocycles. The highest BCUT2D eigenvalue weighted by Crippen LogP contribution is 2.40. The van der Waals surface area contributed by atoms with E-state index in [2.05, 4.69) is 52.2 Å². The van der Waals surface area contributed by atoms with E-state index in [4.69, 9.17) is 9.29 Å². The zero-order chi connectivity index (χ0) is 16.7. The van der Waals surface area contributed by atoms with Gasteiger partial charge in [0, 0.05) is 16.2 Å². The Morgan fingerprint density at radius 1 is 1.30 bits per heavy atom. The third-order valence-electron chi connectivity index (χ3n) is 4.63. The lowest BCUT2D eigenvalue weighted by Gasteiger charge is -2.44. The molecule has 2 atom stereocenters. The van der Waals surface area contributed by atoms with Gasteiger partial charge < -0.3 is 14.6 Å². The SMILES string of the molecule is COC(c1ccc(I)cc1)C1(NCCCS(=O)O)CCCCC1. The topological polar surface area (TPSA) is 58.6 Å². The van der Waals surface area contributed by atoms with Crippen LogP contribution in [0.15, 0.2) is 24.3 Å². The first-order chi connectivity index (χ1) is 11.1. The van der Waals surface area contributed by atoms with E-state index in [0.717, 1.165) is 19.4 Å². The fourth-order valence-electron chi connectivity index (χ4n) is 3.57. The smallest absolute Gasteiger partial charge is 0.152 e. The van der Waals surface area contributed by atoms with Crippen molar-refractivity contribution >= 4 is 33.7 Å². The molecule has 0 spiro atoms. The summed E-state index contributed by atoms with van der Waals surface area (Å²) < 4.78 is 26.9. The molecule has 0 heterocycles. The van der Waals surface area contributed by atoms with E-state index in [0.29, 0.717) is 12.2 Å². The molecule has 0 amide bonds. The predicted molar refractivity (Wildman–Crippen MR) is 103 cm³/mol. The van der Waals surface area contributed by atoms with Crippen LogP contribution in [0.2, 0.25) is 0 Å². The molecule has 2 unspecified atom stereocenters. The first-order valence-corrected chi connectivity index (χ1v) is 10.5. The lowest BCUT2D eigenvalue weighted by Crippen LogP contribution is -2.52. The molecular weight excluding hydrogens is 425 g/mol. The Bertz CT molecular complexity index is 503. The van der Waals surface area contributed by atoms with Gasteiger partial charge in [0.15, 0.2) is 11.1 Å². The van der Waals surface area contributed by atoms with Crippen molar-refractivity contribution in [2.75, 3.05) is 19.4 Å². The van der Waals surface area contributed by atoms with E-state index in [-0.39, 0.29) is 11.6 Å². The Kier molecular flexibility index (Phi) is 7.94. The minimum absolute atomic E-state index is 0.0134. The molecule has 2 rings (SSSR count). The van der Waals surface area contributed by atoms with E-state index in [9.17, 15) is 4.21 Å². The van der Waals surface area contributed by atoms with Gasteiger partial charge in [0.05, 0.1) is 5.75 Å². The maximum Gasteiger partial charge on any atom is 0.152 e. The summed E-state index contributed by atoms with van der Waals surface area (Å²) in [6.45, 7) is 0.747. The van der Waals surface area contributed by atoms with E-state index >= 15 is 0 Å². The molecule has 1 aromatic rings. The number of halogens is 1. The van der Waals surface area contributed by atoms with Crippen molar-refractivity contribution in [2.45, 2.75) is 50.2 Å². The average Bonchev–Trinajstić information content (AvgIpc) is 2.55. The molecule has 0 radical (unpaired) electrons. The van der Waals surface area contributed by atoms with E-state index < -0.39 is 11.1 Å². The molecule has 130 valence electrons. The van der Waals surface area contributed by atoms with E-state index in [1.807, 2.05) is 0 Å². The summed E-state index contributed by atoms with van der Waals surface area (Å²) in [4.78, 5) is 0. The summed E-state index contributed by atoms with van der Waals surface area (Å²) in [7, 11) is 1.78. The third-order valence-corrected chi connectivity index (χ3v) is 5.99. The Balaban J connectivity index is 2.13.